The van der Waals surface area contributed by atoms with Gasteiger partial charge in [-0.3, -0.25) is 14.4 Å². The highest BCUT2D eigenvalue weighted by molar-refractivity contribution is 7.88. The SMILES string of the molecule is NCc1ccc(Cl)cc1CNC(=O)[C@@H]1CCCN1C(=O)C(NS(=O)(=O)Cc1ccccc1)C(=O)N1CCCC1. The monoisotopic (exact) mass is 575 g/mol. The summed E-state index contributed by atoms with van der Waals surface area (Å²) in [6, 6.07) is 11.3. The van der Waals surface area contributed by atoms with Crippen LogP contribution in [-0.4, -0.2) is 67.7 Å². The van der Waals surface area contributed by atoms with Gasteiger partial charge in [-0.2, -0.15) is 4.72 Å². The Balaban J connectivity index is 1.50. The normalized spacial score (nSPS) is 18.3. The molecule has 2 saturated heterocycles. The fourth-order valence-corrected chi connectivity index (χ4v) is 6.54. The van der Waals surface area contributed by atoms with Gasteiger partial charge in [0.15, 0.2) is 6.04 Å². The number of carbonyl (C=O) groups is 3. The molecule has 39 heavy (non-hydrogen) atoms. The predicted octanol–water partition coefficient (Wildman–Crippen LogP) is 1.52. The minimum atomic E-state index is -4.05. The molecule has 4 N–H and O–H groups in total. The van der Waals surface area contributed by atoms with Crippen molar-refractivity contribution in [1.82, 2.24) is 19.8 Å². The molecule has 4 rings (SSSR count). The number of benzene rings is 2. The molecule has 3 amide bonds. The molecule has 12 heteroatoms. The topological polar surface area (TPSA) is 142 Å². The lowest BCUT2D eigenvalue weighted by Gasteiger charge is -2.30. The zero-order valence-electron chi connectivity index (χ0n) is 21.6. The largest absolute Gasteiger partial charge is 0.350 e. The number of nitrogens with zero attached hydrogens (tertiary/aromatic N) is 2. The van der Waals surface area contributed by atoms with Gasteiger partial charge < -0.3 is 20.9 Å². The minimum Gasteiger partial charge on any atom is -0.350 e. The number of likely N-dealkylation sites (tertiary alicyclic amines) is 2. The van der Waals surface area contributed by atoms with Gasteiger partial charge in [0.25, 0.3) is 5.91 Å². The fraction of sp³-hybridized carbons (Fsp3) is 0.444. The molecule has 2 atom stereocenters. The lowest BCUT2D eigenvalue weighted by molar-refractivity contribution is -0.146. The van der Waals surface area contributed by atoms with Crippen molar-refractivity contribution in [1.29, 1.82) is 0 Å². The fourth-order valence-electron chi connectivity index (χ4n) is 5.07. The van der Waals surface area contributed by atoms with Crippen LogP contribution in [0.1, 0.15) is 42.4 Å². The van der Waals surface area contributed by atoms with Gasteiger partial charge in [0.2, 0.25) is 21.8 Å². The summed E-state index contributed by atoms with van der Waals surface area (Å²) < 4.78 is 28.5. The van der Waals surface area contributed by atoms with E-state index in [2.05, 4.69) is 10.0 Å². The van der Waals surface area contributed by atoms with Crippen LogP contribution in [0.15, 0.2) is 48.5 Å². The molecular weight excluding hydrogens is 542 g/mol. The summed E-state index contributed by atoms with van der Waals surface area (Å²) in [7, 11) is -4.05. The maximum atomic E-state index is 13.7. The van der Waals surface area contributed by atoms with Crippen molar-refractivity contribution in [2.45, 2.75) is 56.6 Å². The number of rotatable bonds is 10. The molecule has 10 nitrogen and oxygen atoms in total. The molecule has 2 aromatic carbocycles. The lowest BCUT2D eigenvalue weighted by atomic mass is 10.1. The van der Waals surface area contributed by atoms with Gasteiger partial charge in [-0.15, -0.1) is 0 Å². The Labute approximate surface area is 233 Å². The molecule has 2 fully saturated rings. The van der Waals surface area contributed by atoms with Crippen LogP contribution in [0.25, 0.3) is 0 Å². The van der Waals surface area contributed by atoms with E-state index < -0.39 is 33.9 Å². The van der Waals surface area contributed by atoms with Gasteiger partial charge in [-0.1, -0.05) is 48.0 Å². The van der Waals surface area contributed by atoms with E-state index in [1.54, 1.807) is 48.5 Å². The van der Waals surface area contributed by atoms with E-state index in [9.17, 15) is 22.8 Å². The Bertz CT molecular complexity index is 1300. The number of hydrogen-bond donors (Lipinski definition) is 3. The second kappa shape index (κ2) is 12.9. The van der Waals surface area contributed by atoms with E-state index in [1.807, 2.05) is 0 Å². The molecule has 1 unspecified atom stereocenters. The van der Waals surface area contributed by atoms with E-state index in [0.717, 1.165) is 24.0 Å². The highest BCUT2D eigenvalue weighted by Gasteiger charge is 2.43. The molecule has 0 aromatic heterocycles. The molecular formula is C27H34ClN5O5S. The van der Waals surface area contributed by atoms with Crippen LogP contribution < -0.4 is 15.8 Å². The first-order valence-corrected chi connectivity index (χ1v) is 15.1. The molecule has 2 aromatic rings. The van der Waals surface area contributed by atoms with E-state index in [1.165, 1.54) is 9.80 Å². The Morgan fingerprint density at radius 2 is 1.69 bits per heavy atom. The standard InChI is InChI=1S/C27H34ClN5O5S/c28-22-11-10-20(16-29)21(15-22)17-30-25(34)23-9-6-14-33(23)27(36)24(26(35)32-12-4-5-13-32)31-39(37,38)18-19-7-2-1-3-8-19/h1-3,7-8,10-11,15,23-24,31H,4-6,9,12-14,16-18,29H2,(H,30,34)/t23-,24?/m0/s1. The summed E-state index contributed by atoms with van der Waals surface area (Å²) in [4.78, 5) is 43.2. The Kier molecular flexibility index (Phi) is 9.60. The highest BCUT2D eigenvalue weighted by Crippen LogP contribution is 2.22. The van der Waals surface area contributed by atoms with Gasteiger partial charge >= 0.3 is 0 Å². The van der Waals surface area contributed by atoms with Crippen molar-refractivity contribution < 1.29 is 22.8 Å². The summed E-state index contributed by atoms with van der Waals surface area (Å²) in [6.45, 7) is 1.60. The van der Waals surface area contributed by atoms with Crippen LogP contribution in [-0.2, 0) is 43.2 Å². The third kappa shape index (κ3) is 7.36. The summed E-state index contributed by atoms with van der Waals surface area (Å²) in [5.74, 6) is -2.07. The van der Waals surface area contributed by atoms with Crippen molar-refractivity contribution >= 4 is 39.3 Å². The first-order chi connectivity index (χ1) is 18.7. The molecule has 2 aliphatic heterocycles. The second-order valence-electron chi connectivity index (χ2n) is 9.85. The number of nitrogens with two attached hydrogens (primary N) is 1. The van der Waals surface area contributed by atoms with E-state index in [4.69, 9.17) is 17.3 Å². The van der Waals surface area contributed by atoms with Crippen molar-refractivity contribution in [3.05, 3.63) is 70.2 Å². The van der Waals surface area contributed by atoms with Crippen molar-refractivity contribution in [3.63, 3.8) is 0 Å². The summed E-state index contributed by atoms with van der Waals surface area (Å²) in [5, 5.41) is 3.36. The van der Waals surface area contributed by atoms with E-state index in [-0.39, 0.29) is 31.3 Å². The van der Waals surface area contributed by atoms with Gasteiger partial charge in [0.1, 0.15) is 6.04 Å². The molecule has 2 heterocycles. The average molecular weight is 576 g/mol. The van der Waals surface area contributed by atoms with Crippen LogP contribution in [0.4, 0.5) is 0 Å². The maximum absolute atomic E-state index is 13.7. The van der Waals surface area contributed by atoms with Crippen LogP contribution in [0.2, 0.25) is 5.02 Å². The summed E-state index contributed by atoms with van der Waals surface area (Å²) >= 11 is 6.10. The van der Waals surface area contributed by atoms with Crippen LogP contribution in [0.5, 0.6) is 0 Å². The Hall–Kier alpha value is -2.99. The van der Waals surface area contributed by atoms with Crippen LogP contribution in [0, 0.1) is 0 Å². The number of amides is 3. The van der Waals surface area contributed by atoms with Crippen molar-refractivity contribution in [2.75, 3.05) is 19.6 Å². The molecule has 0 bridgehead atoms. The minimum absolute atomic E-state index is 0.171. The van der Waals surface area contributed by atoms with E-state index >= 15 is 0 Å². The predicted molar refractivity (Wildman–Crippen MR) is 148 cm³/mol. The highest BCUT2D eigenvalue weighted by atomic mass is 35.5. The molecule has 0 radical (unpaired) electrons. The molecule has 0 spiro atoms. The molecule has 2 aliphatic rings. The second-order valence-corrected chi connectivity index (χ2v) is 12.0. The zero-order valence-corrected chi connectivity index (χ0v) is 23.2. The molecule has 0 saturated carbocycles. The van der Waals surface area contributed by atoms with Gasteiger partial charge in [0, 0.05) is 37.7 Å². The molecule has 210 valence electrons. The quantitative estimate of drug-likeness (QED) is 0.367. The van der Waals surface area contributed by atoms with Crippen LogP contribution in [0.3, 0.4) is 0 Å². The smallest absolute Gasteiger partial charge is 0.251 e. The third-order valence-corrected chi connectivity index (χ3v) is 8.63. The first kappa shape index (κ1) is 29.0. The maximum Gasteiger partial charge on any atom is 0.251 e. The lowest BCUT2D eigenvalue weighted by Crippen LogP contribution is -2.59. The van der Waals surface area contributed by atoms with Crippen molar-refractivity contribution in [2.24, 2.45) is 5.73 Å². The zero-order chi connectivity index (χ0) is 28.0. The number of halogens is 1. The number of sulfonamides is 1. The molecule has 0 aliphatic carbocycles. The summed E-state index contributed by atoms with van der Waals surface area (Å²) in [6.07, 6.45) is 2.52. The van der Waals surface area contributed by atoms with Crippen LogP contribution >= 0.6 is 11.6 Å². The van der Waals surface area contributed by atoms with E-state index in [0.29, 0.717) is 36.5 Å². The van der Waals surface area contributed by atoms with Gasteiger partial charge in [-0.25, -0.2) is 8.42 Å². The number of carbonyl (C=O) groups excluding carboxylic acids is 3. The number of nitrogens with one attached hydrogen (secondary N) is 2. The van der Waals surface area contributed by atoms with Gasteiger partial charge in [-0.05, 0) is 54.5 Å². The average Bonchev–Trinajstić information content (AvgIpc) is 3.63. The summed E-state index contributed by atoms with van der Waals surface area (Å²) in [5.41, 5.74) is 7.94. The first-order valence-electron chi connectivity index (χ1n) is 13.1. The van der Waals surface area contributed by atoms with Gasteiger partial charge in [0.05, 0.1) is 5.75 Å². The third-order valence-electron chi connectivity index (χ3n) is 7.09. The Morgan fingerprint density at radius 1 is 0.974 bits per heavy atom. The number of hydrogen-bond acceptors (Lipinski definition) is 6. The Morgan fingerprint density at radius 3 is 2.38 bits per heavy atom. The van der Waals surface area contributed by atoms with Crippen molar-refractivity contribution in [3.8, 4) is 0 Å².